The molecular weight excluding hydrogens is 498 g/mol. The van der Waals surface area contributed by atoms with E-state index >= 15 is 0 Å². The normalized spacial score (nSPS) is 12.7. The zero-order chi connectivity index (χ0) is 28.6. The Morgan fingerprint density at radius 2 is 1.32 bits per heavy atom. The molecule has 222 valence electrons. The molecule has 2 atom stereocenters. The molecule has 7 N–H and O–H groups in total. The fourth-order valence-corrected chi connectivity index (χ4v) is 3.15. The maximum Gasteiger partial charge on any atom is 0.243 e. The maximum atomic E-state index is 12.6. The molecule has 0 radical (unpaired) electrons. The summed E-state index contributed by atoms with van der Waals surface area (Å²) in [5.41, 5.74) is 10.8. The van der Waals surface area contributed by atoms with E-state index in [1.807, 2.05) is 6.92 Å². The Morgan fingerprint density at radius 3 is 1.82 bits per heavy atom. The minimum Gasteiger partial charge on any atom is -0.379 e. The first-order valence-electron chi connectivity index (χ1n) is 13.4. The smallest absolute Gasteiger partial charge is 0.243 e. The first-order chi connectivity index (χ1) is 18.2. The molecule has 0 saturated heterocycles. The standard InChI is InChI=1S/C25H49N5O8/c1-4-6-21(31)28-10-12-36-14-16-38-18-17-37-15-13-35-11-8-22(32)30-23(19(2)3)25(34)29-20(24(27)33)7-5-9-26/h19-20,23H,4-18,26H2,1-3H3,(H2,27,33)(H,28,31)(H,29,34)(H,30,32). The number of primary amides is 1. The van der Waals surface area contributed by atoms with Crippen molar-refractivity contribution in [1.82, 2.24) is 16.0 Å². The van der Waals surface area contributed by atoms with Gasteiger partial charge in [-0.2, -0.15) is 0 Å². The second-order valence-corrected chi connectivity index (χ2v) is 8.98. The Morgan fingerprint density at radius 1 is 0.763 bits per heavy atom. The van der Waals surface area contributed by atoms with Gasteiger partial charge in [0.15, 0.2) is 0 Å². The summed E-state index contributed by atoms with van der Waals surface area (Å²) in [7, 11) is 0. The minimum atomic E-state index is -0.831. The summed E-state index contributed by atoms with van der Waals surface area (Å²) in [6.45, 7) is 9.40. The number of nitrogens with two attached hydrogens (primary N) is 2. The van der Waals surface area contributed by atoms with Crippen molar-refractivity contribution in [2.45, 2.75) is 65.0 Å². The molecule has 0 aliphatic carbocycles. The molecule has 0 spiro atoms. The Hall–Kier alpha value is -2.32. The van der Waals surface area contributed by atoms with Crippen LogP contribution in [0.4, 0.5) is 0 Å². The van der Waals surface area contributed by atoms with Crippen LogP contribution in [-0.2, 0) is 38.1 Å². The van der Waals surface area contributed by atoms with Gasteiger partial charge in [0.2, 0.25) is 23.6 Å². The molecule has 0 bridgehead atoms. The van der Waals surface area contributed by atoms with Gasteiger partial charge in [0, 0.05) is 19.4 Å². The predicted molar refractivity (Wildman–Crippen MR) is 142 cm³/mol. The molecule has 0 saturated carbocycles. The third-order valence-electron chi connectivity index (χ3n) is 5.26. The van der Waals surface area contributed by atoms with Gasteiger partial charge >= 0.3 is 0 Å². The number of hydrogen-bond donors (Lipinski definition) is 5. The summed E-state index contributed by atoms with van der Waals surface area (Å²) >= 11 is 0. The molecule has 0 aromatic carbocycles. The van der Waals surface area contributed by atoms with E-state index in [4.69, 9.17) is 30.4 Å². The van der Waals surface area contributed by atoms with Crippen LogP contribution >= 0.6 is 0 Å². The summed E-state index contributed by atoms with van der Waals surface area (Å²) in [6, 6.07) is -1.63. The average molecular weight is 548 g/mol. The number of nitrogens with one attached hydrogen (secondary N) is 3. The Labute approximate surface area is 226 Å². The quantitative estimate of drug-likeness (QED) is 0.0911. The molecule has 13 nitrogen and oxygen atoms in total. The molecule has 0 aromatic rings. The van der Waals surface area contributed by atoms with Crippen LogP contribution in [0.1, 0.15) is 52.9 Å². The van der Waals surface area contributed by atoms with Crippen molar-refractivity contribution in [1.29, 1.82) is 0 Å². The minimum absolute atomic E-state index is 0.0341. The average Bonchev–Trinajstić information content (AvgIpc) is 2.86. The van der Waals surface area contributed by atoms with Crippen molar-refractivity contribution in [3.05, 3.63) is 0 Å². The summed E-state index contributed by atoms with van der Waals surface area (Å²) < 4.78 is 21.6. The van der Waals surface area contributed by atoms with Crippen LogP contribution in [0.15, 0.2) is 0 Å². The van der Waals surface area contributed by atoms with Crippen molar-refractivity contribution >= 4 is 23.6 Å². The van der Waals surface area contributed by atoms with Crippen LogP contribution in [0.2, 0.25) is 0 Å². The molecule has 13 heteroatoms. The van der Waals surface area contributed by atoms with Gasteiger partial charge in [0.1, 0.15) is 12.1 Å². The summed E-state index contributed by atoms with van der Waals surface area (Å²) in [4.78, 5) is 47.7. The van der Waals surface area contributed by atoms with Crippen molar-refractivity contribution in [2.24, 2.45) is 17.4 Å². The zero-order valence-corrected chi connectivity index (χ0v) is 23.3. The molecule has 0 rings (SSSR count). The maximum absolute atomic E-state index is 12.6. The van der Waals surface area contributed by atoms with Crippen molar-refractivity contribution in [2.75, 3.05) is 65.9 Å². The van der Waals surface area contributed by atoms with E-state index in [0.29, 0.717) is 78.6 Å². The van der Waals surface area contributed by atoms with Crippen LogP contribution in [0.5, 0.6) is 0 Å². The number of carbonyl (C=O) groups excluding carboxylic acids is 4. The topological polar surface area (TPSA) is 193 Å². The van der Waals surface area contributed by atoms with Crippen LogP contribution in [-0.4, -0.2) is 102 Å². The van der Waals surface area contributed by atoms with Crippen molar-refractivity contribution in [3.63, 3.8) is 0 Å². The van der Waals surface area contributed by atoms with E-state index in [2.05, 4.69) is 16.0 Å². The number of ether oxygens (including phenoxy) is 4. The number of rotatable bonds is 25. The Balaban J connectivity index is 3.83. The molecule has 0 fully saturated rings. The lowest BCUT2D eigenvalue weighted by atomic mass is 10.0. The van der Waals surface area contributed by atoms with Crippen LogP contribution in [0.3, 0.4) is 0 Å². The van der Waals surface area contributed by atoms with E-state index in [1.54, 1.807) is 13.8 Å². The number of amides is 4. The third kappa shape index (κ3) is 19.7. The molecule has 0 aliphatic rings. The molecule has 38 heavy (non-hydrogen) atoms. The zero-order valence-electron chi connectivity index (χ0n) is 23.3. The summed E-state index contributed by atoms with van der Waals surface area (Å²) in [6.07, 6.45) is 2.31. The SMILES string of the molecule is CCCC(=O)NCCOCCOCCOCCOCCC(=O)NC(C(=O)NC(CCCN)C(N)=O)C(C)C. The highest BCUT2D eigenvalue weighted by Gasteiger charge is 2.27. The lowest BCUT2D eigenvalue weighted by molar-refractivity contribution is -0.132. The monoisotopic (exact) mass is 547 g/mol. The first kappa shape index (κ1) is 35.7. The van der Waals surface area contributed by atoms with Gasteiger partial charge in [-0.25, -0.2) is 0 Å². The lowest BCUT2D eigenvalue weighted by Gasteiger charge is -2.24. The fraction of sp³-hybridized carbons (Fsp3) is 0.840. The van der Waals surface area contributed by atoms with Crippen LogP contribution in [0, 0.1) is 5.92 Å². The Bertz CT molecular complexity index is 666. The molecule has 4 amide bonds. The first-order valence-corrected chi connectivity index (χ1v) is 13.4. The summed E-state index contributed by atoms with van der Waals surface area (Å²) in [5, 5.41) is 8.06. The van der Waals surface area contributed by atoms with E-state index < -0.39 is 23.9 Å². The third-order valence-corrected chi connectivity index (χ3v) is 5.26. The number of carbonyl (C=O) groups is 4. The second kappa shape index (κ2) is 23.8. The van der Waals surface area contributed by atoms with E-state index in [-0.39, 0.29) is 30.8 Å². The fourth-order valence-electron chi connectivity index (χ4n) is 3.15. The van der Waals surface area contributed by atoms with E-state index in [9.17, 15) is 19.2 Å². The highest BCUT2D eigenvalue weighted by atomic mass is 16.6. The molecule has 0 aliphatic heterocycles. The highest BCUT2D eigenvalue weighted by molar-refractivity contribution is 5.91. The highest BCUT2D eigenvalue weighted by Crippen LogP contribution is 2.05. The summed E-state index contributed by atoms with van der Waals surface area (Å²) in [5.74, 6) is -1.60. The molecular formula is C25H49N5O8. The van der Waals surface area contributed by atoms with Gasteiger partial charge < -0.3 is 46.4 Å². The van der Waals surface area contributed by atoms with Gasteiger partial charge in [0.05, 0.1) is 52.9 Å². The van der Waals surface area contributed by atoms with Crippen molar-refractivity contribution < 1.29 is 38.1 Å². The largest absolute Gasteiger partial charge is 0.379 e. The van der Waals surface area contributed by atoms with Crippen LogP contribution < -0.4 is 27.4 Å². The van der Waals surface area contributed by atoms with Gasteiger partial charge in [-0.05, 0) is 31.7 Å². The molecule has 0 aromatic heterocycles. The molecule has 0 heterocycles. The van der Waals surface area contributed by atoms with Gasteiger partial charge in [0.25, 0.3) is 0 Å². The van der Waals surface area contributed by atoms with Gasteiger partial charge in [-0.1, -0.05) is 20.8 Å². The van der Waals surface area contributed by atoms with Gasteiger partial charge in [-0.3, -0.25) is 19.2 Å². The lowest BCUT2D eigenvalue weighted by Crippen LogP contribution is -2.54. The van der Waals surface area contributed by atoms with E-state index in [0.717, 1.165) is 6.42 Å². The van der Waals surface area contributed by atoms with Crippen LogP contribution in [0.25, 0.3) is 0 Å². The van der Waals surface area contributed by atoms with E-state index in [1.165, 1.54) is 0 Å². The van der Waals surface area contributed by atoms with Gasteiger partial charge in [-0.15, -0.1) is 0 Å². The molecule has 2 unspecified atom stereocenters. The Kier molecular flexibility index (Phi) is 22.3. The second-order valence-electron chi connectivity index (χ2n) is 8.98. The van der Waals surface area contributed by atoms with Crippen molar-refractivity contribution in [3.8, 4) is 0 Å². The predicted octanol–water partition coefficient (Wildman–Crippen LogP) is -0.791. The number of hydrogen-bond acceptors (Lipinski definition) is 9.